The molecule has 1 heterocycles. The second-order valence-electron chi connectivity index (χ2n) is 2.65. The Kier molecular flexibility index (Phi) is 3.78. The number of hydrogen-bond donors (Lipinski definition) is 0. The minimum absolute atomic E-state index is 0.110. The van der Waals surface area contributed by atoms with Crippen molar-refractivity contribution in [1.82, 2.24) is 4.98 Å². The molecule has 0 unspecified atom stereocenters. The number of hydrogen-bond acceptors (Lipinski definition) is 2. The highest BCUT2D eigenvalue weighted by molar-refractivity contribution is 6.17. The van der Waals surface area contributed by atoms with Crippen LogP contribution < -0.4 is 0 Å². The third-order valence-corrected chi connectivity index (χ3v) is 2.03. The molecule has 0 N–H and O–H groups in total. The molecule has 74 valence electrons. The van der Waals surface area contributed by atoms with E-state index in [2.05, 4.69) is 4.98 Å². The maximum Gasteiger partial charge on any atom is 0.280 e. The van der Waals surface area contributed by atoms with Crippen molar-refractivity contribution in [3.8, 4) is 6.07 Å². The van der Waals surface area contributed by atoms with Gasteiger partial charge in [0.2, 0.25) is 0 Å². The van der Waals surface area contributed by atoms with E-state index in [-0.39, 0.29) is 18.0 Å². The average Bonchev–Trinajstić information content (AvgIpc) is 2.18. The van der Waals surface area contributed by atoms with Gasteiger partial charge in [-0.1, -0.05) is 0 Å². The maximum atomic E-state index is 12.2. The summed E-state index contributed by atoms with van der Waals surface area (Å²) in [5.41, 5.74) is 0.841. The summed E-state index contributed by atoms with van der Waals surface area (Å²) >= 11 is 5.56. The Hall–Kier alpha value is -1.21. The molecule has 5 heteroatoms. The molecule has 0 fully saturated rings. The summed E-state index contributed by atoms with van der Waals surface area (Å²) in [6.07, 6.45) is -1.19. The van der Waals surface area contributed by atoms with Gasteiger partial charge in [0.1, 0.15) is 5.69 Å². The molecule has 0 aliphatic carbocycles. The fraction of sp³-hybridized carbons (Fsp3) is 0.333. The number of halogens is 3. The lowest BCUT2D eigenvalue weighted by Gasteiger charge is -2.05. The molecule has 0 atom stereocenters. The topological polar surface area (TPSA) is 36.7 Å². The molecule has 0 saturated carbocycles. The largest absolute Gasteiger partial charge is 0.280 e. The Balaban J connectivity index is 3.06. The van der Waals surface area contributed by atoms with Crippen LogP contribution in [0.4, 0.5) is 8.78 Å². The van der Waals surface area contributed by atoms with E-state index in [0.29, 0.717) is 11.1 Å². The highest BCUT2D eigenvalue weighted by Crippen LogP contribution is 2.20. The first-order valence-electron chi connectivity index (χ1n) is 3.87. The molecule has 0 aromatic carbocycles. The maximum absolute atomic E-state index is 12.2. The third-order valence-electron chi connectivity index (χ3n) is 1.74. The molecule has 0 amide bonds. The number of nitrogens with zero attached hydrogens (tertiary/aromatic N) is 2. The summed E-state index contributed by atoms with van der Waals surface area (Å²) < 4.78 is 24.5. The van der Waals surface area contributed by atoms with Crippen molar-refractivity contribution in [1.29, 1.82) is 5.26 Å². The second-order valence-corrected chi connectivity index (χ2v) is 2.91. The molecule has 1 aromatic rings. The number of rotatable bonds is 3. The van der Waals surface area contributed by atoms with E-state index in [1.165, 1.54) is 12.3 Å². The molecule has 0 radical (unpaired) electrons. The second kappa shape index (κ2) is 4.87. The SMILES string of the molecule is N#CCc1cnc(C(F)F)cc1CCl. The lowest BCUT2D eigenvalue weighted by atomic mass is 10.1. The molecule has 0 aliphatic heterocycles. The van der Waals surface area contributed by atoms with Crippen LogP contribution in [0.3, 0.4) is 0 Å². The van der Waals surface area contributed by atoms with Gasteiger partial charge in [0.25, 0.3) is 6.43 Å². The van der Waals surface area contributed by atoms with Gasteiger partial charge in [0, 0.05) is 12.1 Å². The smallest absolute Gasteiger partial charge is 0.255 e. The van der Waals surface area contributed by atoms with Crippen LogP contribution in [0.25, 0.3) is 0 Å². The van der Waals surface area contributed by atoms with E-state index in [9.17, 15) is 8.78 Å². The third kappa shape index (κ3) is 2.39. The zero-order valence-corrected chi connectivity index (χ0v) is 7.93. The zero-order chi connectivity index (χ0) is 10.6. The van der Waals surface area contributed by atoms with Gasteiger partial charge < -0.3 is 0 Å². The van der Waals surface area contributed by atoms with Crippen LogP contribution in [0.1, 0.15) is 23.2 Å². The molecular weight excluding hydrogens is 210 g/mol. The standard InChI is InChI=1S/C9H7ClF2N2/c10-4-7-3-8(9(11)12)14-5-6(7)1-2-13/h3,5,9H,1,4H2. The summed E-state index contributed by atoms with van der Waals surface area (Å²) in [5.74, 6) is 0.110. The predicted octanol–water partition coefficient (Wildman–Crippen LogP) is 2.82. The molecule has 0 aliphatic rings. The summed E-state index contributed by atoms with van der Waals surface area (Å²) in [6.45, 7) is 0. The van der Waals surface area contributed by atoms with E-state index >= 15 is 0 Å². The quantitative estimate of drug-likeness (QED) is 0.729. The van der Waals surface area contributed by atoms with Crippen LogP contribution in [-0.2, 0) is 12.3 Å². The molecule has 14 heavy (non-hydrogen) atoms. The fourth-order valence-corrected chi connectivity index (χ4v) is 1.28. The first kappa shape index (κ1) is 10.9. The number of aromatic nitrogens is 1. The van der Waals surface area contributed by atoms with Crippen molar-refractivity contribution in [3.05, 3.63) is 29.1 Å². The van der Waals surface area contributed by atoms with Gasteiger partial charge in [-0.25, -0.2) is 8.78 Å². The van der Waals surface area contributed by atoms with E-state index in [0.717, 1.165) is 0 Å². The van der Waals surface area contributed by atoms with Gasteiger partial charge in [0.15, 0.2) is 0 Å². The van der Waals surface area contributed by atoms with Crippen LogP contribution >= 0.6 is 11.6 Å². The first-order valence-corrected chi connectivity index (χ1v) is 4.41. The monoisotopic (exact) mass is 216 g/mol. The normalized spacial score (nSPS) is 10.2. The lowest BCUT2D eigenvalue weighted by Crippen LogP contribution is -1.97. The van der Waals surface area contributed by atoms with Gasteiger partial charge in [-0.15, -0.1) is 11.6 Å². The van der Waals surface area contributed by atoms with Crippen molar-refractivity contribution >= 4 is 11.6 Å². The average molecular weight is 217 g/mol. The van der Waals surface area contributed by atoms with E-state index in [4.69, 9.17) is 16.9 Å². The highest BCUT2D eigenvalue weighted by atomic mass is 35.5. The Morgan fingerprint density at radius 3 is 2.71 bits per heavy atom. The van der Waals surface area contributed by atoms with E-state index < -0.39 is 6.43 Å². The summed E-state index contributed by atoms with van der Waals surface area (Å²) in [7, 11) is 0. The molecule has 0 spiro atoms. The highest BCUT2D eigenvalue weighted by Gasteiger charge is 2.11. The van der Waals surface area contributed by atoms with Crippen LogP contribution in [0.15, 0.2) is 12.3 Å². The van der Waals surface area contributed by atoms with E-state index in [1.807, 2.05) is 6.07 Å². The van der Waals surface area contributed by atoms with Crippen LogP contribution in [-0.4, -0.2) is 4.98 Å². The summed E-state index contributed by atoms with van der Waals surface area (Å²) in [4.78, 5) is 3.55. The number of alkyl halides is 3. The fourth-order valence-electron chi connectivity index (χ4n) is 1.03. The van der Waals surface area contributed by atoms with Crippen molar-refractivity contribution < 1.29 is 8.78 Å². The molecular formula is C9H7ClF2N2. The van der Waals surface area contributed by atoms with Gasteiger partial charge >= 0.3 is 0 Å². The summed E-state index contributed by atoms with van der Waals surface area (Å²) in [6, 6.07) is 3.16. The van der Waals surface area contributed by atoms with Gasteiger partial charge in [-0.05, 0) is 17.2 Å². The van der Waals surface area contributed by atoms with Gasteiger partial charge in [-0.2, -0.15) is 5.26 Å². The Bertz CT molecular complexity index is 360. The zero-order valence-electron chi connectivity index (χ0n) is 7.17. The van der Waals surface area contributed by atoms with E-state index in [1.54, 1.807) is 0 Å². The molecule has 0 bridgehead atoms. The lowest BCUT2D eigenvalue weighted by molar-refractivity contribution is 0.146. The Morgan fingerprint density at radius 1 is 1.50 bits per heavy atom. The van der Waals surface area contributed by atoms with Crippen LogP contribution in [0.2, 0.25) is 0 Å². The number of nitriles is 1. The minimum Gasteiger partial charge on any atom is -0.255 e. The van der Waals surface area contributed by atoms with Crippen LogP contribution in [0, 0.1) is 11.3 Å². The minimum atomic E-state index is -2.60. The Morgan fingerprint density at radius 2 is 2.21 bits per heavy atom. The van der Waals surface area contributed by atoms with Crippen molar-refractivity contribution in [3.63, 3.8) is 0 Å². The van der Waals surface area contributed by atoms with Crippen molar-refractivity contribution in [2.24, 2.45) is 0 Å². The Labute approximate surface area is 85.1 Å². The molecule has 1 aromatic heterocycles. The first-order chi connectivity index (χ1) is 6.69. The van der Waals surface area contributed by atoms with Gasteiger partial charge in [-0.3, -0.25) is 4.98 Å². The summed E-state index contributed by atoms with van der Waals surface area (Å²) in [5, 5.41) is 8.45. The predicted molar refractivity (Wildman–Crippen MR) is 48.1 cm³/mol. The molecule has 1 rings (SSSR count). The molecule has 0 saturated heterocycles. The van der Waals surface area contributed by atoms with Gasteiger partial charge in [0.05, 0.1) is 12.5 Å². The number of pyridine rings is 1. The van der Waals surface area contributed by atoms with Crippen molar-refractivity contribution in [2.45, 2.75) is 18.7 Å². The van der Waals surface area contributed by atoms with Crippen molar-refractivity contribution in [2.75, 3.05) is 0 Å². The van der Waals surface area contributed by atoms with Crippen LogP contribution in [0.5, 0.6) is 0 Å². The molecule has 2 nitrogen and oxygen atoms in total.